The second-order valence-corrected chi connectivity index (χ2v) is 12.9. The van der Waals surface area contributed by atoms with Gasteiger partial charge in [0.2, 0.25) is 0 Å². The second-order valence-electron chi connectivity index (χ2n) is 9.92. The van der Waals surface area contributed by atoms with Crippen LogP contribution in [0.5, 0.6) is 0 Å². The van der Waals surface area contributed by atoms with Crippen LogP contribution in [0, 0.1) is 0 Å². The molecule has 6 rings (SSSR count). The van der Waals surface area contributed by atoms with E-state index in [0.29, 0.717) is 45.6 Å². The molecule has 0 atom stereocenters. The Morgan fingerprint density at radius 2 is 1.32 bits per heavy atom. The number of carbonyl (C=O) groups is 2. The van der Waals surface area contributed by atoms with Crippen LogP contribution in [0.4, 0.5) is 0 Å². The number of carbonyl (C=O) groups excluding carboxylic acids is 2. The van der Waals surface area contributed by atoms with Gasteiger partial charge in [0.1, 0.15) is 16.4 Å². The summed E-state index contributed by atoms with van der Waals surface area (Å²) in [5.41, 5.74) is 4.67. The third kappa shape index (κ3) is 7.56. The van der Waals surface area contributed by atoms with Gasteiger partial charge in [-0.3, -0.25) is 9.59 Å². The molecule has 44 heavy (non-hydrogen) atoms. The molecule has 0 radical (unpaired) electrons. The number of hydrogen-bond donors (Lipinski definition) is 4. The SMILES string of the molecule is O=C(CSCCCO)c1ccc2[nH]c3nc(Cl)ccc3c2c1.O=C(CSCCCO)c1ccc2[nH]c3nccc(Cl)c3c2c1. The molecule has 0 saturated carbocycles. The Balaban J connectivity index is 0.000000175. The number of aromatic nitrogens is 4. The number of halogens is 2. The van der Waals surface area contributed by atoms with Crippen LogP contribution in [0.25, 0.3) is 43.9 Å². The van der Waals surface area contributed by atoms with E-state index in [1.165, 1.54) is 11.8 Å². The van der Waals surface area contributed by atoms with Crippen LogP contribution in [0.15, 0.2) is 60.8 Å². The monoisotopic (exact) mass is 668 g/mol. The van der Waals surface area contributed by atoms with Crippen LogP contribution in [0.2, 0.25) is 10.2 Å². The topological polar surface area (TPSA) is 132 Å². The lowest BCUT2D eigenvalue weighted by molar-refractivity contribution is 0.101. The van der Waals surface area contributed by atoms with E-state index in [0.717, 1.165) is 55.4 Å². The average Bonchev–Trinajstić information content (AvgIpc) is 3.59. The van der Waals surface area contributed by atoms with E-state index in [4.69, 9.17) is 33.4 Å². The Kier molecular flexibility index (Phi) is 11.2. The van der Waals surface area contributed by atoms with Gasteiger partial charge >= 0.3 is 0 Å². The first kappa shape index (κ1) is 32.3. The molecule has 0 aliphatic carbocycles. The molecular formula is C32H30Cl2N4O4S2. The minimum Gasteiger partial charge on any atom is -0.396 e. The van der Waals surface area contributed by atoms with Crippen molar-refractivity contribution in [3.63, 3.8) is 0 Å². The highest BCUT2D eigenvalue weighted by molar-refractivity contribution is 8.00. The van der Waals surface area contributed by atoms with Gasteiger partial charge < -0.3 is 20.2 Å². The van der Waals surface area contributed by atoms with Crippen molar-refractivity contribution in [2.45, 2.75) is 12.8 Å². The zero-order valence-corrected chi connectivity index (χ0v) is 26.8. The molecule has 0 fully saturated rings. The van der Waals surface area contributed by atoms with Crippen molar-refractivity contribution in [1.29, 1.82) is 0 Å². The van der Waals surface area contributed by atoms with Crippen molar-refractivity contribution in [1.82, 2.24) is 19.9 Å². The standard InChI is InChI=1S/2C16H15ClN2O2S/c17-15-5-3-11-12-8-10(14(21)9-22-7-1-6-20)2-4-13(12)18-16(11)19-15;17-12-4-5-18-16-15(12)11-8-10(2-3-13(11)19-16)14(21)9-22-7-1-6-20/h2*2-5,8,20H,1,6-7,9H2,(H,18,19). The Morgan fingerprint density at radius 1 is 0.727 bits per heavy atom. The van der Waals surface area contributed by atoms with E-state index in [9.17, 15) is 9.59 Å². The van der Waals surface area contributed by atoms with Gasteiger partial charge in [-0.15, -0.1) is 0 Å². The molecule has 0 unspecified atom stereocenters. The zero-order chi connectivity index (χ0) is 31.1. The highest BCUT2D eigenvalue weighted by atomic mass is 35.5. The first-order valence-electron chi connectivity index (χ1n) is 14.0. The van der Waals surface area contributed by atoms with Crippen LogP contribution in [0.1, 0.15) is 33.6 Å². The molecule has 228 valence electrons. The second kappa shape index (κ2) is 15.2. The summed E-state index contributed by atoms with van der Waals surface area (Å²) in [5, 5.41) is 22.3. The maximum absolute atomic E-state index is 12.3. The molecule has 0 aliphatic rings. The number of thioether (sulfide) groups is 2. The largest absolute Gasteiger partial charge is 0.396 e. The Bertz CT molecular complexity index is 1940. The third-order valence-corrected chi connectivity index (χ3v) is 9.48. The number of nitrogens with one attached hydrogen (secondary N) is 2. The molecule has 0 saturated heterocycles. The van der Waals surface area contributed by atoms with E-state index < -0.39 is 0 Å². The van der Waals surface area contributed by atoms with Crippen LogP contribution >= 0.6 is 46.7 Å². The lowest BCUT2D eigenvalue weighted by Gasteiger charge is -2.02. The van der Waals surface area contributed by atoms with Crippen LogP contribution < -0.4 is 0 Å². The molecule has 0 amide bonds. The number of fused-ring (bicyclic) bond motifs is 6. The number of hydrogen-bond acceptors (Lipinski definition) is 8. The van der Waals surface area contributed by atoms with E-state index in [1.54, 1.807) is 30.1 Å². The summed E-state index contributed by atoms with van der Waals surface area (Å²) < 4.78 is 0. The number of rotatable bonds is 12. The average molecular weight is 670 g/mol. The lowest BCUT2D eigenvalue weighted by Crippen LogP contribution is -2.03. The highest BCUT2D eigenvalue weighted by Crippen LogP contribution is 2.31. The van der Waals surface area contributed by atoms with Gasteiger partial charge in [-0.2, -0.15) is 23.5 Å². The third-order valence-electron chi connectivity index (χ3n) is 6.87. The molecule has 4 N–H and O–H groups in total. The van der Waals surface area contributed by atoms with Crippen molar-refractivity contribution in [2.75, 3.05) is 36.2 Å². The Hall–Kier alpha value is -3.12. The molecule has 0 spiro atoms. The summed E-state index contributed by atoms with van der Waals surface area (Å²) in [6.45, 7) is 0.325. The minimum absolute atomic E-state index is 0.0826. The van der Waals surface area contributed by atoms with E-state index in [2.05, 4.69) is 19.9 Å². The fraction of sp³-hybridized carbons (Fsp3) is 0.250. The smallest absolute Gasteiger partial charge is 0.172 e. The van der Waals surface area contributed by atoms with Crippen molar-refractivity contribution in [2.24, 2.45) is 0 Å². The summed E-state index contributed by atoms with van der Waals surface area (Å²) in [6, 6.07) is 16.6. The summed E-state index contributed by atoms with van der Waals surface area (Å²) in [5.74, 6) is 2.60. The van der Waals surface area contributed by atoms with Gasteiger partial charge in [-0.05, 0) is 78.9 Å². The van der Waals surface area contributed by atoms with Crippen molar-refractivity contribution in [3.8, 4) is 0 Å². The van der Waals surface area contributed by atoms with Gasteiger partial charge in [-0.25, -0.2) is 9.97 Å². The van der Waals surface area contributed by atoms with Crippen molar-refractivity contribution in [3.05, 3.63) is 82.1 Å². The molecule has 4 heterocycles. The number of benzene rings is 2. The Morgan fingerprint density at radius 3 is 1.95 bits per heavy atom. The van der Waals surface area contributed by atoms with Gasteiger partial charge in [0, 0.05) is 63.1 Å². The van der Waals surface area contributed by atoms with Gasteiger partial charge in [0.25, 0.3) is 0 Å². The van der Waals surface area contributed by atoms with Crippen LogP contribution in [0.3, 0.4) is 0 Å². The first-order valence-corrected chi connectivity index (χ1v) is 17.0. The van der Waals surface area contributed by atoms with Gasteiger partial charge in [0.05, 0.1) is 16.5 Å². The number of Topliss-reactive ketones (excluding diaryl/α,β-unsaturated/α-hetero) is 2. The molecule has 8 nitrogen and oxygen atoms in total. The number of pyridine rings is 2. The number of H-pyrrole nitrogens is 2. The quantitative estimate of drug-likeness (QED) is 0.0605. The van der Waals surface area contributed by atoms with Crippen molar-refractivity contribution < 1.29 is 19.8 Å². The minimum atomic E-state index is 0.0826. The zero-order valence-electron chi connectivity index (χ0n) is 23.6. The van der Waals surface area contributed by atoms with Crippen molar-refractivity contribution >= 4 is 102 Å². The van der Waals surface area contributed by atoms with Gasteiger partial charge in [-0.1, -0.05) is 23.2 Å². The maximum Gasteiger partial charge on any atom is 0.172 e. The lowest BCUT2D eigenvalue weighted by atomic mass is 10.1. The number of ketones is 2. The fourth-order valence-electron chi connectivity index (χ4n) is 4.70. The van der Waals surface area contributed by atoms with E-state index >= 15 is 0 Å². The molecular weight excluding hydrogens is 639 g/mol. The predicted molar refractivity (Wildman–Crippen MR) is 184 cm³/mol. The predicted octanol–water partition coefficient (Wildman–Crippen LogP) is 7.34. The first-order chi connectivity index (χ1) is 21.4. The van der Waals surface area contributed by atoms with Crippen LogP contribution in [-0.2, 0) is 0 Å². The number of aromatic amines is 2. The summed E-state index contributed by atoms with van der Waals surface area (Å²) in [7, 11) is 0. The highest BCUT2D eigenvalue weighted by Gasteiger charge is 2.13. The molecule has 0 bridgehead atoms. The van der Waals surface area contributed by atoms with E-state index in [1.807, 2.05) is 42.5 Å². The fourth-order valence-corrected chi connectivity index (χ4v) is 6.76. The number of aliphatic hydroxyl groups excluding tert-OH is 2. The van der Waals surface area contributed by atoms with E-state index in [-0.39, 0.29) is 24.8 Å². The molecule has 4 aromatic heterocycles. The summed E-state index contributed by atoms with van der Waals surface area (Å²) in [6.07, 6.45) is 3.08. The number of nitrogens with zero attached hydrogens (tertiary/aromatic N) is 2. The molecule has 6 aromatic rings. The Labute approximate surface area is 271 Å². The van der Waals surface area contributed by atoms with Crippen LogP contribution in [-0.4, -0.2) is 77.9 Å². The molecule has 0 aliphatic heterocycles. The maximum atomic E-state index is 12.3. The molecule has 2 aromatic carbocycles. The molecule has 12 heteroatoms. The normalized spacial score (nSPS) is 11.4. The van der Waals surface area contributed by atoms with Gasteiger partial charge in [0.15, 0.2) is 11.6 Å². The summed E-state index contributed by atoms with van der Waals surface area (Å²) in [4.78, 5) is 39.4. The summed E-state index contributed by atoms with van der Waals surface area (Å²) >= 11 is 15.2. The number of aliphatic hydroxyl groups is 2.